The van der Waals surface area contributed by atoms with Crippen LogP contribution in [0.25, 0.3) is 22.2 Å². The molecule has 8 heteroatoms. The molecule has 4 rings (SSSR count). The molecule has 2 aromatic carbocycles. The summed E-state index contributed by atoms with van der Waals surface area (Å²) in [5.41, 5.74) is 5.54. The number of fused-ring (bicyclic) bond motifs is 5. The lowest BCUT2D eigenvalue weighted by molar-refractivity contribution is 0.180. The van der Waals surface area contributed by atoms with Gasteiger partial charge in [0.15, 0.2) is 18.1 Å². The number of oxime groups is 1. The highest BCUT2D eigenvalue weighted by molar-refractivity contribution is 6.30. The largest absolute Gasteiger partial charge is 0.493 e. The van der Waals surface area contributed by atoms with Gasteiger partial charge in [0, 0.05) is 34.1 Å². The number of aromatic nitrogens is 1. The van der Waals surface area contributed by atoms with Crippen LogP contribution in [-0.4, -0.2) is 63.7 Å². The Balaban J connectivity index is 0.00000306. The summed E-state index contributed by atoms with van der Waals surface area (Å²) in [4.78, 5) is 11.2. The number of nitrogens with zero attached hydrogens (tertiary/aromatic N) is 2. The van der Waals surface area contributed by atoms with E-state index in [0.29, 0.717) is 18.1 Å². The molecule has 1 aromatic heterocycles. The Morgan fingerprint density at radius 2 is 1.76 bits per heavy atom. The highest BCUT2D eigenvalue weighted by atomic mass is 35.5. The van der Waals surface area contributed by atoms with Crippen molar-refractivity contribution in [2.45, 2.75) is 6.92 Å². The first-order valence-electron chi connectivity index (χ1n) is 10.4. The molecule has 1 aliphatic carbocycles. The van der Waals surface area contributed by atoms with E-state index >= 15 is 0 Å². The van der Waals surface area contributed by atoms with E-state index in [2.05, 4.69) is 26.9 Å². The molecule has 0 saturated heterocycles. The van der Waals surface area contributed by atoms with Crippen molar-refractivity contribution in [3.8, 4) is 40.3 Å². The number of benzene rings is 2. The Morgan fingerprint density at radius 3 is 2.42 bits per heavy atom. The van der Waals surface area contributed by atoms with Gasteiger partial charge in [-0.15, -0.1) is 18.3 Å². The Morgan fingerprint density at radius 1 is 1.03 bits per heavy atom. The highest BCUT2D eigenvalue weighted by Gasteiger charge is 2.32. The van der Waals surface area contributed by atoms with Crippen LogP contribution in [-0.2, 0) is 4.84 Å². The number of nitrogens with one attached hydrogen (secondary N) is 1. The van der Waals surface area contributed by atoms with Crippen LogP contribution in [0.3, 0.4) is 0 Å². The fourth-order valence-electron chi connectivity index (χ4n) is 3.77. The van der Waals surface area contributed by atoms with Crippen molar-refractivity contribution in [1.82, 2.24) is 9.88 Å². The van der Waals surface area contributed by atoms with E-state index in [4.69, 9.17) is 19.0 Å². The lowest BCUT2D eigenvalue weighted by atomic mass is 10.1. The van der Waals surface area contributed by atoms with E-state index in [9.17, 15) is 0 Å². The van der Waals surface area contributed by atoms with E-state index in [-0.39, 0.29) is 19.0 Å². The number of likely N-dealkylation sites (N-methyl/N-ethyl adjacent to an activating group) is 1. The lowest BCUT2D eigenvalue weighted by Gasteiger charge is -2.12. The molecule has 1 heterocycles. The van der Waals surface area contributed by atoms with Gasteiger partial charge in [-0.1, -0.05) is 11.1 Å². The fourth-order valence-corrected chi connectivity index (χ4v) is 3.77. The Labute approximate surface area is 200 Å². The number of hydrogen-bond acceptors (Lipinski definition) is 6. The van der Waals surface area contributed by atoms with E-state index in [1.54, 1.807) is 21.1 Å². The second-order valence-corrected chi connectivity index (χ2v) is 7.63. The Hall–Kier alpha value is -3.34. The van der Waals surface area contributed by atoms with Crippen molar-refractivity contribution < 1.29 is 19.0 Å². The van der Waals surface area contributed by atoms with Crippen molar-refractivity contribution in [2.24, 2.45) is 5.16 Å². The summed E-state index contributed by atoms with van der Waals surface area (Å²) in [6.07, 6.45) is 0. The maximum absolute atomic E-state index is 5.97. The number of rotatable bonds is 8. The molecular weight excluding hydrogens is 442 g/mol. The number of halogens is 1. The molecule has 33 heavy (non-hydrogen) atoms. The van der Waals surface area contributed by atoms with E-state index in [1.165, 1.54) is 0 Å². The van der Waals surface area contributed by atoms with Gasteiger partial charge in [-0.25, -0.2) is 0 Å². The van der Waals surface area contributed by atoms with Crippen LogP contribution >= 0.6 is 12.4 Å². The van der Waals surface area contributed by atoms with Gasteiger partial charge in [-0.3, -0.25) is 0 Å². The molecule has 0 unspecified atom stereocenters. The molecule has 0 amide bonds. The summed E-state index contributed by atoms with van der Waals surface area (Å²) in [7, 11) is 7.30. The third kappa shape index (κ3) is 4.72. The first-order chi connectivity index (χ1) is 15.6. The predicted octanol–water partition coefficient (Wildman–Crippen LogP) is 4.32. The van der Waals surface area contributed by atoms with E-state index in [0.717, 1.165) is 51.3 Å². The molecule has 0 radical (unpaired) electrons. The van der Waals surface area contributed by atoms with Crippen molar-refractivity contribution in [3.63, 3.8) is 0 Å². The average Bonchev–Trinajstić information content (AvgIpc) is 3.30. The van der Waals surface area contributed by atoms with Gasteiger partial charge < -0.3 is 28.9 Å². The Kier molecular flexibility index (Phi) is 7.75. The summed E-state index contributed by atoms with van der Waals surface area (Å²) < 4.78 is 17.0. The molecule has 0 saturated carbocycles. The van der Waals surface area contributed by atoms with Crippen LogP contribution < -0.4 is 14.2 Å². The molecule has 7 nitrogen and oxygen atoms in total. The zero-order valence-electron chi connectivity index (χ0n) is 19.4. The molecule has 0 spiro atoms. The summed E-state index contributed by atoms with van der Waals surface area (Å²) in [5, 5.41) is 5.48. The number of hydrogen-bond donors (Lipinski definition) is 1. The summed E-state index contributed by atoms with van der Waals surface area (Å²) in [6, 6.07) is 9.94. The SMILES string of the molecule is CC#CCON=C1c2cc(OC)c(OC)cc2-c2[nH]c3ccc(OCCN(C)C)cc3c21.Cl. The number of methoxy groups -OCH3 is 2. The van der Waals surface area contributed by atoms with Crippen molar-refractivity contribution in [1.29, 1.82) is 0 Å². The number of aromatic amines is 1. The molecule has 1 aliphatic rings. The fraction of sp³-hybridized carbons (Fsp3) is 0.320. The highest BCUT2D eigenvalue weighted by Crippen LogP contribution is 2.45. The second-order valence-electron chi connectivity index (χ2n) is 7.63. The minimum atomic E-state index is 0. The van der Waals surface area contributed by atoms with Crippen LogP contribution in [0.5, 0.6) is 17.2 Å². The molecule has 174 valence electrons. The third-order valence-corrected chi connectivity index (χ3v) is 5.33. The summed E-state index contributed by atoms with van der Waals surface area (Å²) in [5.74, 6) is 7.79. The number of H-pyrrole nitrogens is 1. The molecule has 0 atom stereocenters. The molecule has 0 fully saturated rings. The summed E-state index contributed by atoms with van der Waals surface area (Å²) in [6.45, 7) is 3.44. The van der Waals surface area contributed by atoms with Gasteiger partial charge in [-0.2, -0.15) is 0 Å². The van der Waals surface area contributed by atoms with Gasteiger partial charge in [0.05, 0.1) is 19.9 Å². The smallest absolute Gasteiger partial charge is 0.177 e. The van der Waals surface area contributed by atoms with Crippen LogP contribution in [0.2, 0.25) is 0 Å². The van der Waals surface area contributed by atoms with Crippen LogP contribution in [0.4, 0.5) is 0 Å². The monoisotopic (exact) mass is 469 g/mol. The molecule has 3 aromatic rings. The zero-order valence-corrected chi connectivity index (χ0v) is 20.3. The third-order valence-electron chi connectivity index (χ3n) is 5.33. The van der Waals surface area contributed by atoms with Gasteiger partial charge in [0.25, 0.3) is 0 Å². The molecule has 1 N–H and O–H groups in total. The molecular formula is C25H28ClN3O4. The summed E-state index contributed by atoms with van der Waals surface area (Å²) >= 11 is 0. The average molecular weight is 470 g/mol. The van der Waals surface area contributed by atoms with Gasteiger partial charge >= 0.3 is 0 Å². The predicted molar refractivity (Wildman–Crippen MR) is 133 cm³/mol. The van der Waals surface area contributed by atoms with Crippen LogP contribution in [0, 0.1) is 11.8 Å². The van der Waals surface area contributed by atoms with Gasteiger partial charge in [0.1, 0.15) is 18.1 Å². The van der Waals surface area contributed by atoms with Crippen LogP contribution in [0.15, 0.2) is 35.5 Å². The van der Waals surface area contributed by atoms with Gasteiger partial charge in [-0.05, 0) is 51.4 Å². The van der Waals surface area contributed by atoms with E-state index < -0.39 is 0 Å². The Bertz CT molecular complexity index is 1240. The standard InChI is InChI=1S/C25H27N3O4.ClH/c1-6-7-11-32-27-25-18-15-22(30-5)21(29-4)14-17(18)24-23(25)19-13-16(8-9-20(19)26-24)31-12-10-28(2)3;/h8-9,13-15,26H,10-12H2,1-5H3;1H. The van der Waals surface area contributed by atoms with Gasteiger partial charge in [0.2, 0.25) is 0 Å². The maximum Gasteiger partial charge on any atom is 0.177 e. The van der Waals surface area contributed by atoms with Crippen LogP contribution in [0.1, 0.15) is 18.1 Å². The second kappa shape index (κ2) is 10.5. The first-order valence-corrected chi connectivity index (χ1v) is 10.4. The minimum absolute atomic E-state index is 0. The van der Waals surface area contributed by atoms with Crippen molar-refractivity contribution >= 4 is 29.0 Å². The van der Waals surface area contributed by atoms with Crippen molar-refractivity contribution in [2.75, 3.05) is 48.1 Å². The minimum Gasteiger partial charge on any atom is -0.493 e. The topological polar surface area (TPSA) is 68.3 Å². The lowest BCUT2D eigenvalue weighted by Crippen LogP contribution is -2.19. The first kappa shape index (κ1) is 24.3. The zero-order chi connectivity index (χ0) is 22.7. The molecule has 0 bridgehead atoms. The number of ether oxygens (including phenoxy) is 3. The molecule has 0 aliphatic heterocycles. The maximum atomic E-state index is 5.97. The van der Waals surface area contributed by atoms with Crippen molar-refractivity contribution in [3.05, 3.63) is 41.5 Å². The normalized spacial score (nSPS) is 12.6. The van der Waals surface area contributed by atoms with E-state index in [1.807, 2.05) is 44.4 Å². The quantitative estimate of drug-likeness (QED) is 0.236.